The Labute approximate surface area is 138 Å². The van der Waals surface area contributed by atoms with Crippen molar-refractivity contribution in [2.24, 2.45) is 10.9 Å². The number of hydrogen-bond donors (Lipinski definition) is 1. The molecule has 0 radical (unpaired) electrons. The monoisotopic (exact) mass is 327 g/mol. The summed E-state index contributed by atoms with van der Waals surface area (Å²) in [7, 11) is 0. The number of non-ortho nitro benzene ring substituents is 1. The Morgan fingerprint density at radius 1 is 1.17 bits per heavy atom. The highest BCUT2D eigenvalue weighted by atomic mass is 16.7. The van der Waals surface area contributed by atoms with Gasteiger partial charge in [-0.3, -0.25) is 10.1 Å². The standard InChI is InChI=1S/C17H17N3O4/c18-17(14-9-5-10-15(12-14)20(22)23)19-24-16(21)11-4-8-13-6-2-1-3-7-13/h1-3,5-7,9-10,12H,4,8,11H2,(H2,18,19). The topological polar surface area (TPSA) is 108 Å². The minimum absolute atomic E-state index is 0.0879. The molecular weight excluding hydrogens is 310 g/mol. The first-order valence-corrected chi connectivity index (χ1v) is 7.38. The number of hydrogen-bond acceptors (Lipinski definition) is 5. The van der Waals surface area contributed by atoms with E-state index in [9.17, 15) is 14.9 Å². The number of nitrogens with two attached hydrogens (primary N) is 1. The third kappa shape index (κ3) is 5.20. The van der Waals surface area contributed by atoms with Gasteiger partial charge < -0.3 is 10.6 Å². The summed E-state index contributed by atoms with van der Waals surface area (Å²) < 4.78 is 0. The van der Waals surface area contributed by atoms with Crippen LogP contribution in [-0.2, 0) is 16.1 Å². The summed E-state index contributed by atoms with van der Waals surface area (Å²) in [5, 5.41) is 14.3. The van der Waals surface area contributed by atoms with Gasteiger partial charge in [-0.15, -0.1) is 0 Å². The van der Waals surface area contributed by atoms with Gasteiger partial charge in [0.15, 0.2) is 5.84 Å². The Bertz CT molecular complexity index is 745. The number of rotatable bonds is 7. The minimum Gasteiger partial charge on any atom is -0.380 e. The second-order valence-corrected chi connectivity index (χ2v) is 5.09. The number of nitro benzene ring substituents is 1. The number of oxime groups is 1. The molecule has 0 aliphatic carbocycles. The zero-order valence-corrected chi connectivity index (χ0v) is 12.9. The first kappa shape index (κ1) is 17.1. The summed E-state index contributed by atoms with van der Waals surface area (Å²) in [6.07, 6.45) is 1.61. The summed E-state index contributed by atoms with van der Waals surface area (Å²) >= 11 is 0. The minimum atomic E-state index is -0.535. The van der Waals surface area contributed by atoms with Gasteiger partial charge in [-0.05, 0) is 18.4 Å². The summed E-state index contributed by atoms with van der Waals surface area (Å²) in [4.78, 5) is 26.6. The maximum absolute atomic E-state index is 11.7. The van der Waals surface area contributed by atoms with Gasteiger partial charge in [-0.2, -0.15) is 0 Å². The molecule has 0 aliphatic rings. The first-order valence-electron chi connectivity index (χ1n) is 7.38. The van der Waals surface area contributed by atoms with Crippen molar-refractivity contribution >= 4 is 17.5 Å². The average Bonchev–Trinajstić information content (AvgIpc) is 2.60. The molecule has 24 heavy (non-hydrogen) atoms. The van der Waals surface area contributed by atoms with Crippen molar-refractivity contribution in [2.75, 3.05) is 0 Å². The molecule has 0 aliphatic heterocycles. The van der Waals surface area contributed by atoms with E-state index in [0.717, 1.165) is 12.0 Å². The predicted molar refractivity (Wildman–Crippen MR) is 89.3 cm³/mol. The highest BCUT2D eigenvalue weighted by Crippen LogP contribution is 2.13. The second kappa shape index (κ2) is 8.42. The molecule has 0 spiro atoms. The lowest BCUT2D eigenvalue weighted by atomic mass is 10.1. The molecule has 0 unspecified atom stereocenters. The molecule has 0 saturated heterocycles. The van der Waals surface area contributed by atoms with Gasteiger partial charge in [0.2, 0.25) is 0 Å². The van der Waals surface area contributed by atoms with Crippen LogP contribution >= 0.6 is 0 Å². The van der Waals surface area contributed by atoms with Crippen LogP contribution in [0.15, 0.2) is 59.8 Å². The fourth-order valence-corrected chi connectivity index (χ4v) is 2.06. The van der Waals surface area contributed by atoms with E-state index in [1.54, 1.807) is 6.07 Å². The first-order chi connectivity index (χ1) is 11.6. The molecule has 2 aromatic rings. The molecule has 0 atom stereocenters. The molecule has 2 aromatic carbocycles. The normalized spacial score (nSPS) is 11.1. The Morgan fingerprint density at radius 2 is 1.92 bits per heavy atom. The quantitative estimate of drug-likeness (QED) is 0.276. The lowest BCUT2D eigenvalue weighted by Gasteiger charge is -2.02. The third-order valence-electron chi connectivity index (χ3n) is 3.29. The summed E-state index contributed by atoms with van der Waals surface area (Å²) in [5.41, 5.74) is 7.04. The van der Waals surface area contributed by atoms with Crippen LogP contribution in [-0.4, -0.2) is 16.7 Å². The molecule has 124 valence electrons. The van der Waals surface area contributed by atoms with E-state index >= 15 is 0 Å². The predicted octanol–water partition coefficient (Wildman–Crippen LogP) is 2.78. The number of carbonyl (C=O) groups is 1. The fourth-order valence-electron chi connectivity index (χ4n) is 2.06. The second-order valence-electron chi connectivity index (χ2n) is 5.09. The van der Waals surface area contributed by atoms with Crippen molar-refractivity contribution in [3.8, 4) is 0 Å². The van der Waals surface area contributed by atoms with Crippen LogP contribution in [0.4, 0.5) is 5.69 Å². The molecular formula is C17H17N3O4. The van der Waals surface area contributed by atoms with E-state index in [4.69, 9.17) is 10.6 Å². The molecule has 2 N–H and O–H groups in total. The van der Waals surface area contributed by atoms with Crippen LogP contribution in [0.1, 0.15) is 24.0 Å². The lowest BCUT2D eigenvalue weighted by Crippen LogP contribution is -2.15. The largest absolute Gasteiger partial charge is 0.380 e. The van der Waals surface area contributed by atoms with Crippen molar-refractivity contribution in [3.05, 3.63) is 75.8 Å². The van der Waals surface area contributed by atoms with Crippen molar-refractivity contribution in [1.82, 2.24) is 0 Å². The summed E-state index contributed by atoms with van der Waals surface area (Å²) in [6.45, 7) is 0. The van der Waals surface area contributed by atoms with Gasteiger partial charge in [0.05, 0.1) is 4.92 Å². The van der Waals surface area contributed by atoms with Gasteiger partial charge in [-0.1, -0.05) is 47.6 Å². The molecule has 0 heterocycles. The molecule has 0 aromatic heterocycles. The van der Waals surface area contributed by atoms with Crippen molar-refractivity contribution < 1.29 is 14.6 Å². The molecule has 2 rings (SSSR count). The zero-order chi connectivity index (χ0) is 17.4. The average molecular weight is 327 g/mol. The van der Waals surface area contributed by atoms with Crippen molar-refractivity contribution in [1.29, 1.82) is 0 Å². The number of carbonyl (C=O) groups excluding carboxylic acids is 1. The number of nitrogens with zero attached hydrogens (tertiary/aromatic N) is 2. The van der Waals surface area contributed by atoms with E-state index in [0.29, 0.717) is 12.0 Å². The highest BCUT2D eigenvalue weighted by molar-refractivity contribution is 5.97. The van der Waals surface area contributed by atoms with Crippen LogP contribution < -0.4 is 5.73 Å². The van der Waals surface area contributed by atoms with Crippen LogP contribution in [0.5, 0.6) is 0 Å². The van der Waals surface area contributed by atoms with Gasteiger partial charge in [-0.25, -0.2) is 4.79 Å². The van der Waals surface area contributed by atoms with Crippen molar-refractivity contribution in [3.63, 3.8) is 0 Å². The number of aryl methyl sites for hydroxylation is 1. The molecule has 0 amide bonds. The molecule has 0 saturated carbocycles. The van der Waals surface area contributed by atoms with E-state index in [1.165, 1.54) is 18.2 Å². The van der Waals surface area contributed by atoms with E-state index in [-0.39, 0.29) is 17.9 Å². The Balaban J connectivity index is 1.84. The summed E-state index contributed by atoms with van der Waals surface area (Å²) in [6, 6.07) is 15.4. The van der Waals surface area contributed by atoms with Crippen LogP contribution in [0.3, 0.4) is 0 Å². The van der Waals surface area contributed by atoms with Crippen LogP contribution in [0.2, 0.25) is 0 Å². The van der Waals surface area contributed by atoms with Crippen molar-refractivity contribution in [2.45, 2.75) is 19.3 Å². The Kier molecular flexibility index (Phi) is 6.01. The molecule has 7 nitrogen and oxygen atoms in total. The Hall–Kier alpha value is -3.22. The van der Waals surface area contributed by atoms with Crippen LogP contribution in [0.25, 0.3) is 0 Å². The number of amidine groups is 1. The van der Waals surface area contributed by atoms with Gasteiger partial charge in [0.25, 0.3) is 5.69 Å². The van der Waals surface area contributed by atoms with E-state index in [2.05, 4.69) is 5.16 Å². The Morgan fingerprint density at radius 3 is 2.62 bits per heavy atom. The van der Waals surface area contributed by atoms with Gasteiger partial charge in [0.1, 0.15) is 0 Å². The van der Waals surface area contributed by atoms with Gasteiger partial charge in [0, 0.05) is 24.1 Å². The van der Waals surface area contributed by atoms with Gasteiger partial charge >= 0.3 is 5.97 Å². The number of nitro groups is 1. The van der Waals surface area contributed by atoms with E-state index < -0.39 is 10.9 Å². The van der Waals surface area contributed by atoms with Crippen LogP contribution in [0, 0.1) is 10.1 Å². The molecule has 7 heteroatoms. The maximum Gasteiger partial charge on any atom is 0.335 e. The smallest absolute Gasteiger partial charge is 0.335 e. The maximum atomic E-state index is 11.7. The number of benzene rings is 2. The zero-order valence-electron chi connectivity index (χ0n) is 12.9. The van der Waals surface area contributed by atoms with E-state index in [1.807, 2.05) is 30.3 Å². The lowest BCUT2D eigenvalue weighted by molar-refractivity contribution is -0.384. The SMILES string of the molecule is NC(=NOC(=O)CCCc1ccccc1)c1cccc([N+](=O)[O-])c1. The highest BCUT2D eigenvalue weighted by Gasteiger charge is 2.09. The third-order valence-corrected chi connectivity index (χ3v) is 3.29. The molecule has 0 fully saturated rings. The molecule has 0 bridgehead atoms. The fraction of sp³-hybridized carbons (Fsp3) is 0.176. The summed E-state index contributed by atoms with van der Waals surface area (Å²) in [5.74, 6) is -0.588.